The van der Waals surface area contributed by atoms with Gasteiger partial charge in [-0.25, -0.2) is 8.42 Å². The maximum absolute atomic E-state index is 11.0. The first-order chi connectivity index (χ1) is 12.9. The van der Waals surface area contributed by atoms with Gasteiger partial charge in [-0.1, -0.05) is 103 Å². The summed E-state index contributed by atoms with van der Waals surface area (Å²) in [6.45, 7) is 3.65. The standard InChI is InChI=1S/C22H46O4S.Na/c1-3-22(27(24,25)26)20-18-16-14-12-10-8-6-4-5-7-9-11-13-15-17-19-21(2)23;/h21-23H,3-20H2,1-2H3,(H,24,25,26);/q;+1/p-1. The van der Waals surface area contributed by atoms with E-state index in [2.05, 4.69) is 0 Å². The molecule has 2 unspecified atom stereocenters. The van der Waals surface area contributed by atoms with Gasteiger partial charge in [0.25, 0.3) is 0 Å². The number of aliphatic hydroxyl groups is 1. The Kier molecular flexibility index (Phi) is 23.4. The van der Waals surface area contributed by atoms with Gasteiger partial charge in [-0.15, -0.1) is 0 Å². The van der Waals surface area contributed by atoms with Crippen LogP contribution in [-0.2, 0) is 10.1 Å². The van der Waals surface area contributed by atoms with Crippen molar-refractivity contribution in [2.24, 2.45) is 0 Å². The summed E-state index contributed by atoms with van der Waals surface area (Å²) in [7, 11) is -4.10. The molecule has 0 fully saturated rings. The molecule has 0 amide bonds. The maximum atomic E-state index is 11.0. The molecule has 2 atom stereocenters. The molecule has 0 saturated carbocycles. The predicted octanol–water partition coefficient (Wildman–Crippen LogP) is 3.33. The first-order valence-corrected chi connectivity index (χ1v) is 13.0. The molecule has 164 valence electrons. The Morgan fingerprint density at radius 1 is 0.679 bits per heavy atom. The van der Waals surface area contributed by atoms with E-state index in [9.17, 15) is 18.1 Å². The average molecular weight is 429 g/mol. The molecular weight excluding hydrogens is 383 g/mol. The summed E-state index contributed by atoms with van der Waals surface area (Å²) < 4.78 is 33.0. The van der Waals surface area contributed by atoms with E-state index in [1.165, 1.54) is 70.6 Å². The van der Waals surface area contributed by atoms with E-state index in [1.54, 1.807) is 6.92 Å². The number of unbranched alkanes of at least 4 members (excludes halogenated alkanes) is 14. The van der Waals surface area contributed by atoms with Crippen LogP contribution < -0.4 is 29.6 Å². The number of hydrogen-bond donors (Lipinski definition) is 1. The molecule has 0 aromatic carbocycles. The zero-order valence-corrected chi connectivity index (χ0v) is 21.8. The molecule has 0 aliphatic rings. The van der Waals surface area contributed by atoms with Crippen molar-refractivity contribution in [1.29, 1.82) is 0 Å². The van der Waals surface area contributed by atoms with Gasteiger partial charge in [0.15, 0.2) is 0 Å². The second-order valence-corrected chi connectivity index (χ2v) is 9.90. The van der Waals surface area contributed by atoms with Crippen molar-refractivity contribution in [1.82, 2.24) is 0 Å². The smallest absolute Gasteiger partial charge is 0.748 e. The largest absolute Gasteiger partial charge is 1.00 e. The van der Waals surface area contributed by atoms with Gasteiger partial charge in [0.05, 0.1) is 16.2 Å². The van der Waals surface area contributed by atoms with Crippen molar-refractivity contribution in [2.45, 2.75) is 141 Å². The summed E-state index contributed by atoms with van der Waals surface area (Å²) in [5.41, 5.74) is 0. The third kappa shape index (κ3) is 21.6. The Morgan fingerprint density at radius 2 is 0.964 bits per heavy atom. The van der Waals surface area contributed by atoms with E-state index in [4.69, 9.17) is 0 Å². The maximum Gasteiger partial charge on any atom is 1.00 e. The fourth-order valence-electron chi connectivity index (χ4n) is 3.66. The van der Waals surface area contributed by atoms with E-state index in [0.717, 1.165) is 32.1 Å². The Bertz CT molecular complexity index is 413. The summed E-state index contributed by atoms with van der Waals surface area (Å²) in [6.07, 6.45) is 20.5. The predicted molar refractivity (Wildman–Crippen MR) is 114 cm³/mol. The van der Waals surface area contributed by atoms with Gasteiger partial charge in [0, 0.05) is 5.25 Å². The van der Waals surface area contributed by atoms with Crippen molar-refractivity contribution in [2.75, 3.05) is 0 Å². The minimum Gasteiger partial charge on any atom is -0.748 e. The van der Waals surface area contributed by atoms with Gasteiger partial charge >= 0.3 is 29.6 Å². The topological polar surface area (TPSA) is 77.4 Å². The first kappa shape index (κ1) is 31.1. The minimum atomic E-state index is -4.10. The van der Waals surface area contributed by atoms with Gasteiger partial charge < -0.3 is 9.66 Å². The van der Waals surface area contributed by atoms with E-state index >= 15 is 0 Å². The van der Waals surface area contributed by atoms with Crippen molar-refractivity contribution in [3.63, 3.8) is 0 Å². The second kappa shape index (κ2) is 21.1. The third-order valence-corrected chi connectivity index (χ3v) is 6.90. The molecule has 0 saturated heterocycles. The zero-order valence-electron chi connectivity index (χ0n) is 19.0. The minimum absolute atomic E-state index is 0. The molecule has 0 aromatic rings. The van der Waals surface area contributed by atoms with Crippen molar-refractivity contribution >= 4 is 10.1 Å². The van der Waals surface area contributed by atoms with Crippen LogP contribution in [0.5, 0.6) is 0 Å². The summed E-state index contributed by atoms with van der Waals surface area (Å²) in [4.78, 5) is 0. The van der Waals surface area contributed by atoms with Crippen molar-refractivity contribution in [3.8, 4) is 0 Å². The first-order valence-electron chi connectivity index (χ1n) is 11.5. The Balaban J connectivity index is 0. The molecule has 0 aliphatic carbocycles. The van der Waals surface area contributed by atoms with E-state index < -0.39 is 15.4 Å². The van der Waals surface area contributed by atoms with Gasteiger partial charge in [-0.2, -0.15) is 0 Å². The molecule has 0 aliphatic heterocycles. The van der Waals surface area contributed by atoms with E-state index in [1.807, 2.05) is 6.92 Å². The normalized spacial score (nSPS) is 13.9. The van der Waals surface area contributed by atoms with Crippen LogP contribution in [0.2, 0.25) is 0 Å². The quantitative estimate of drug-likeness (QED) is 0.183. The molecule has 4 nitrogen and oxygen atoms in total. The molecule has 0 aromatic heterocycles. The van der Waals surface area contributed by atoms with E-state index in [0.29, 0.717) is 12.8 Å². The van der Waals surface area contributed by atoms with Crippen LogP contribution in [0, 0.1) is 0 Å². The van der Waals surface area contributed by atoms with Crippen molar-refractivity contribution < 1.29 is 47.6 Å². The van der Waals surface area contributed by atoms with Gasteiger partial charge in [-0.05, 0) is 26.2 Å². The van der Waals surface area contributed by atoms with Crippen LogP contribution in [0.4, 0.5) is 0 Å². The van der Waals surface area contributed by atoms with Gasteiger partial charge in [-0.3, -0.25) is 0 Å². The van der Waals surface area contributed by atoms with Gasteiger partial charge in [0.1, 0.15) is 0 Å². The zero-order chi connectivity index (χ0) is 20.4. The van der Waals surface area contributed by atoms with Crippen LogP contribution in [0.15, 0.2) is 0 Å². The van der Waals surface area contributed by atoms with Crippen LogP contribution >= 0.6 is 0 Å². The van der Waals surface area contributed by atoms with Crippen LogP contribution in [0.1, 0.15) is 129 Å². The fraction of sp³-hybridized carbons (Fsp3) is 1.00. The number of rotatable bonds is 20. The van der Waals surface area contributed by atoms with Crippen LogP contribution in [0.3, 0.4) is 0 Å². The second-order valence-electron chi connectivity index (χ2n) is 8.25. The monoisotopic (exact) mass is 428 g/mol. The molecule has 0 spiro atoms. The molecule has 6 heteroatoms. The Labute approximate surface area is 197 Å². The fourth-order valence-corrected chi connectivity index (χ4v) is 4.53. The Hall–Kier alpha value is 0.870. The summed E-state index contributed by atoms with van der Waals surface area (Å²) in [5.74, 6) is 0. The van der Waals surface area contributed by atoms with Crippen molar-refractivity contribution in [3.05, 3.63) is 0 Å². The third-order valence-electron chi connectivity index (χ3n) is 5.51. The molecule has 0 rings (SSSR count). The summed E-state index contributed by atoms with van der Waals surface area (Å²) >= 11 is 0. The molecule has 28 heavy (non-hydrogen) atoms. The number of aliphatic hydroxyl groups excluding tert-OH is 1. The SMILES string of the molecule is CCC(CCCCCCCCCCCCCCCCCC(C)O)S(=O)(=O)[O-].[Na+]. The van der Waals surface area contributed by atoms with E-state index in [-0.39, 0.29) is 35.7 Å². The van der Waals surface area contributed by atoms with Crippen LogP contribution in [-0.4, -0.2) is 29.4 Å². The number of hydrogen-bond acceptors (Lipinski definition) is 4. The summed E-state index contributed by atoms with van der Waals surface area (Å²) in [6, 6.07) is 0. The molecular formula is C22H45NaO4S. The molecule has 0 radical (unpaired) electrons. The molecule has 0 bridgehead atoms. The molecule has 1 N–H and O–H groups in total. The van der Waals surface area contributed by atoms with Gasteiger partial charge in [0.2, 0.25) is 0 Å². The summed E-state index contributed by atoms with van der Waals surface area (Å²) in [5, 5.41) is 8.51. The Morgan fingerprint density at radius 3 is 1.21 bits per heavy atom. The molecule has 0 heterocycles. The van der Waals surface area contributed by atoms with Crippen LogP contribution in [0.25, 0.3) is 0 Å². The average Bonchev–Trinajstić information content (AvgIpc) is 2.59.